The molecule has 1 fully saturated rings. The molecule has 0 bridgehead atoms. The molecular weight excluding hydrogens is 1090 g/mol. The lowest BCUT2D eigenvalue weighted by molar-refractivity contribution is 0.277. The Hall–Kier alpha value is -10.3. The zero-order valence-corrected chi connectivity index (χ0v) is 51.0. The predicted octanol–water partition coefficient (Wildman–Crippen LogP) is 21.1. The van der Waals surface area contributed by atoms with Crippen molar-refractivity contribution in [3.63, 3.8) is 0 Å². The highest BCUT2D eigenvalue weighted by molar-refractivity contribution is 6.17. The summed E-state index contributed by atoms with van der Waals surface area (Å²) < 4.78 is 14.0. The largest absolute Gasteiger partial charge is 0.485 e. The van der Waals surface area contributed by atoms with E-state index in [-0.39, 0.29) is 22.9 Å². The molecule has 8 aliphatic carbocycles. The van der Waals surface area contributed by atoms with E-state index in [0.717, 1.165) is 52.5 Å². The van der Waals surface area contributed by atoms with Crippen LogP contribution in [0.1, 0.15) is 115 Å². The lowest BCUT2D eigenvalue weighted by atomic mass is 9.68. The number of furan rings is 1. The topological polar surface area (TPSA) is 38.5 Å². The molecule has 2 unspecified atom stereocenters. The molecule has 1 aliphatic heterocycles. The number of aromatic nitrogens is 1. The van der Waals surface area contributed by atoms with Crippen LogP contribution < -0.4 is 9.64 Å². The molecule has 2 atom stereocenters. The predicted molar refractivity (Wildman–Crippen MR) is 366 cm³/mol. The number of fused-ring (bicyclic) bond motifs is 29. The number of hydrogen-bond acceptors (Lipinski definition) is 4. The number of ether oxygens (including phenoxy) is 1. The van der Waals surface area contributed by atoms with Gasteiger partial charge in [0.25, 0.3) is 0 Å². The minimum absolute atomic E-state index is 0.0858. The van der Waals surface area contributed by atoms with Gasteiger partial charge in [0.2, 0.25) is 0 Å². The van der Waals surface area contributed by atoms with Gasteiger partial charge in [-0.2, -0.15) is 0 Å². The second-order valence-corrected chi connectivity index (χ2v) is 27.4. The van der Waals surface area contributed by atoms with Gasteiger partial charge >= 0.3 is 0 Å². The molecule has 4 heteroatoms. The lowest BCUT2D eigenvalue weighted by Gasteiger charge is -2.33. The first kappa shape index (κ1) is 50.7. The number of anilines is 3. The Balaban J connectivity index is 0.828. The molecule has 0 saturated heterocycles. The Labute approximate surface area is 524 Å². The maximum absolute atomic E-state index is 7.11. The molecule has 0 radical (unpaired) electrons. The number of hydrogen-bond donors (Lipinski definition) is 0. The van der Waals surface area contributed by atoms with E-state index in [1.807, 2.05) is 12.3 Å². The number of para-hydroxylation sites is 2. The molecule has 2 spiro atoms. The van der Waals surface area contributed by atoms with Crippen LogP contribution in [0.2, 0.25) is 0 Å². The van der Waals surface area contributed by atoms with Crippen LogP contribution in [-0.2, 0) is 21.7 Å². The van der Waals surface area contributed by atoms with Gasteiger partial charge in [0, 0.05) is 68.2 Å². The average molecular weight is 1160 g/mol. The second kappa shape index (κ2) is 17.3. The Bertz CT molecular complexity index is 5300. The van der Waals surface area contributed by atoms with Crippen LogP contribution in [0.5, 0.6) is 5.75 Å². The highest BCUT2D eigenvalue weighted by atomic mass is 16.5. The normalized spacial score (nSPS) is 20.5. The van der Waals surface area contributed by atoms with Crippen molar-refractivity contribution in [2.45, 2.75) is 81.1 Å². The summed E-state index contributed by atoms with van der Waals surface area (Å²) in [7, 11) is 0. The Morgan fingerprint density at radius 3 is 1.88 bits per heavy atom. The number of allylic oxidation sites excluding steroid dienone is 11. The molecule has 20 rings (SSSR count). The fourth-order valence-electron chi connectivity index (χ4n) is 19.4. The highest BCUT2D eigenvalue weighted by Crippen LogP contribution is 2.70. The molecule has 0 N–H and O–H groups in total. The van der Waals surface area contributed by atoms with Crippen LogP contribution in [0.4, 0.5) is 17.2 Å². The molecule has 2 aromatic heterocycles. The van der Waals surface area contributed by atoms with Crippen LogP contribution in [0.15, 0.2) is 281 Å². The lowest BCUT2D eigenvalue weighted by Crippen LogP contribution is -2.28. The molecular formula is C86H62N2O2. The number of benzene rings is 9. The van der Waals surface area contributed by atoms with Gasteiger partial charge in [-0.15, -0.1) is 0 Å². The van der Waals surface area contributed by atoms with E-state index in [9.17, 15) is 0 Å². The van der Waals surface area contributed by atoms with Crippen molar-refractivity contribution in [3.05, 3.63) is 338 Å². The standard InChI is InChI=1S/C86H62N2O2/c1-48-68(86(65-33-17-9-25-54(65)55-26-10-18-34-66(55)86)67-42-43-73-76(75(48)67)59-28-12-19-35-71(59)89-73)47-61-49(2)85(63-31-15-7-23-52(63)53-24-8-16-32-64(53)85)70-46-51(38-40-56(61)70)88(74-37-21-22-44-87-74)50-39-41-58-69(45-50)84(5,6)80-77(58)78-60-29-13-20-36-72(60)90-82(78)79-57-27-11-14-30-62(57)83(3,4)81(79)80/h7-26,28-42,44-47,57,73H,1,27,43H2,2-6H3/b68-47+. The number of pyridine rings is 1. The van der Waals surface area contributed by atoms with Crippen LogP contribution >= 0.6 is 0 Å². The molecule has 0 amide bonds. The van der Waals surface area contributed by atoms with Gasteiger partial charge in [-0.1, -0.05) is 216 Å². The molecule has 3 heterocycles. The van der Waals surface area contributed by atoms with Crippen LogP contribution in [-0.4, -0.2) is 11.1 Å². The first-order valence-corrected chi connectivity index (χ1v) is 32.2. The van der Waals surface area contributed by atoms with Gasteiger partial charge in [0.1, 0.15) is 28.8 Å². The van der Waals surface area contributed by atoms with Crippen molar-refractivity contribution in [1.29, 1.82) is 0 Å². The number of rotatable bonds is 4. The maximum Gasteiger partial charge on any atom is 0.140 e. The zero-order valence-electron chi connectivity index (χ0n) is 51.0. The molecule has 90 heavy (non-hydrogen) atoms. The van der Waals surface area contributed by atoms with E-state index < -0.39 is 10.8 Å². The van der Waals surface area contributed by atoms with Crippen molar-refractivity contribution in [2.75, 3.05) is 4.90 Å². The summed E-state index contributed by atoms with van der Waals surface area (Å²) in [5, 5.41) is 2.42. The van der Waals surface area contributed by atoms with E-state index in [4.69, 9.17) is 20.7 Å². The summed E-state index contributed by atoms with van der Waals surface area (Å²) in [5.74, 6) is 2.07. The van der Waals surface area contributed by atoms with E-state index in [0.29, 0.717) is 0 Å². The monoisotopic (exact) mass is 1150 g/mol. The van der Waals surface area contributed by atoms with E-state index in [1.54, 1.807) is 0 Å². The Morgan fingerprint density at radius 1 is 0.578 bits per heavy atom. The van der Waals surface area contributed by atoms with Gasteiger partial charge in [-0.3, -0.25) is 4.90 Å². The fraction of sp³-hybridized carbons (Fsp3) is 0.151. The molecule has 9 aromatic carbocycles. The van der Waals surface area contributed by atoms with Crippen molar-refractivity contribution >= 4 is 50.3 Å². The summed E-state index contributed by atoms with van der Waals surface area (Å²) in [6, 6.07) is 74.9. The van der Waals surface area contributed by atoms with Gasteiger partial charge in [-0.05, 0) is 185 Å². The summed E-state index contributed by atoms with van der Waals surface area (Å²) >= 11 is 0. The molecule has 9 aliphatic rings. The van der Waals surface area contributed by atoms with Gasteiger partial charge < -0.3 is 9.15 Å². The third-order valence-corrected chi connectivity index (χ3v) is 22.8. The van der Waals surface area contributed by atoms with Gasteiger partial charge in [-0.25, -0.2) is 4.98 Å². The summed E-state index contributed by atoms with van der Waals surface area (Å²) in [5.41, 5.74) is 34.5. The van der Waals surface area contributed by atoms with Crippen molar-refractivity contribution < 1.29 is 9.15 Å². The summed E-state index contributed by atoms with van der Waals surface area (Å²) in [6.07, 6.45) is 15.7. The smallest absolute Gasteiger partial charge is 0.140 e. The zero-order chi connectivity index (χ0) is 59.9. The minimum Gasteiger partial charge on any atom is -0.485 e. The highest BCUT2D eigenvalue weighted by Gasteiger charge is 2.59. The third-order valence-electron chi connectivity index (χ3n) is 22.8. The Morgan fingerprint density at radius 2 is 1.19 bits per heavy atom. The van der Waals surface area contributed by atoms with Crippen molar-refractivity contribution in [3.8, 4) is 39.1 Å². The number of nitrogens with zero attached hydrogens (tertiary/aromatic N) is 2. The van der Waals surface area contributed by atoms with Crippen LogP contribution in [0.3, 0.4) is 0 Å². The molecule has 428 valence electrons. The van der Waals surface area contributed by atoms with Crippen LogP contribution in [0.25, 0.3) is 66.5 Å². The quantitative estimate of drug-likeness (QED) is 0.176. The maximum atomic E-state index is 7.11. The van der Waals surface area contributed by atoms with Crippen molar-refractivity contribution in [1.82, 2.24) is 4.98 Å². The second-order valence-electron chi connectivity index (χ2n) is 27.4. The average Bonchev–Trinajstić information content (AvgIpc) is 1.52. The first-order valence-electron chi connectivity index (χ1n) is 32.2. The van der Waals surface area contributed by atoms with E-state index in [2.05, 4.69) is 264 Å². The summed E-state index contributed by atoms with van der Waals surface area (Å²) in [6.45, 7) is 17.5. The van der Waals surface area contributed by atoms with E-state index in [1.165, 1.54) is 144 Å². The third kappa shape index (κ3) is 5.93. The molecule has 1 saturated carbocycles. The Kier molecular flexibility index (Phi) is 9.75. The molecule has 11 aromatic rings. The first-order chi connectivity index (χ1) is 44.0. The van der Waals surface area contributed by atoms with Crippen LogP contribution in [0, 0.1) is 0 Å². The summed E-state index contributed by atoms with van der Waals surface area (Å²) in [4.78, 5) is 7.66. The molecule has 4 nitrogen and oxygen atoms in total. The SMILES string of the molecule is C=C1C2=C3c4ccccc4OC3CC=C2C2(/C1=C/C1=C(C)C3(c4cc(N(c5ccc6c(c5)C(C)(C)c5c7c(c8oc9ccccc9c8c5-6)C5CC=CC=C5C7(C)C)c5ccccn5)ccc41)c1ccccc1-c1ccccc13)c1ccccc1-c1ccccc12. The van der Waals surface area contributed by atoms with E-state index >= 15 is 0 Å². The van der Waals surface area contributed by atoms with Gasteiger partial charge in [0.05, 0.1) is 10.8 Å². The van der Waals surface area contributed by atoms with Gasteiger partial charge in [0.15, 0.2) is 0 Å². The van der Waals surface area contributed by atoms with Crippen molar-refractivity contribution in [2.24, 2.45) is 0 Å². The minimum atomic E-state index is -0.633. The fourth-order valence-corrected chi connectivity index (χ4v) is 19.4.